The maximum atomic E-state index is 13.0. The van der Waals surface area contributed by atoms with Crippen LogP contribution in [-0.4, -0.2) is 30.2 Å². The molecule has 7 rings (SSSR count). The average molecular weight is 380 g/mol. The molecule has 6 aliphatic rings. The van der Waals surface area contributed by atoms with E-state index in [0.717, 1.165) is 37.8 Å². The number of nitrogens with zero attached hydrogens (tertiary/aromatic N) is 1. The predicted octanol–water partition coefficient (Wildman–Crippen LogP) is 5.32. The second-order valence-electron chi connectivity index (χ2n) is 10.6. The van der Waals surface area contributed by atoms with Crippen molar-refractivity contribution in [3.63, 3.8) is 0 Å². The molecule has 1 spiro atoms. The molecule has 0 unspecified atom stereocenters. The first-order valence-electron chi connectivity index (χ1n) is 11.7. The summed E-state index contributed by atoms with van der Waals surface area (Å²) < 4.78 is 6.20. The summed E-state index contributed by atoms with van der Waals surface area (Å²) in [6.45, 7) is 1.72. The number of likely N-dealkylation sites (tertiary alicyclic amines) is 1. The molecule has 0 aromatic heterocycles. The quantitative estimate of drug-likeness (QED) is 0.661. The maximum absolute atomic E-state index is 13.0. The fourth-order valence-corrected chi connectivity index (χ4v) is 7.90. The predicted molar refractivity (Wildman–Crippen MR) is 109 cm³/mol. The Hall–Kier alpha value is -1.51. The maximum Gasteiger partial charge on any atom is 0.410 e. The molecular formula is C25H33NO2. The molecule has 150 valence electrons. The monoisotopic (exact) mass is 379 g/mol. The zero-order chi connectivity index (χ0) is 18.7. The van der Waals surface area contributed by atoms with E-state index in [9.17, 15) is 4.79 Å². The van der Waals surface area contributed by atoms with Gasteiger partial charge in [0.1, 0.15) is 6.10 Å². The molecular weight excluding hydrogens is 346 g/mol. The Bertz CT molecular complexity index is 736. The van der Waals surface area contributed by atoms with Crippen molar-refractivity contribution in [3.8, 4) is 0 Å². The molecule has 1 aromatic rings. The summed E-state index contributed by atoms with van der Waals surface area (Å²) in [6.07, 6.45) is 12.9. The number of hydrogen-bond donors (Lipinski definition) is 0. The number of aryl methyl sites for hydroxylation is 1. The van der Waals surface area contributed by atoms with Crippen molar-refractivity contribution in [2.24, 2.45) is 23.7 Å². The van der Waals surface area contributed by atoms with Crippen LogP contribution in [0.15, 0.2) is 24.3 Å². The topological polar surface area (TPSA) is 29.5 Å². The van der Waals surface area contributed by atoms with Gasteiger partial charge in [0.15, 0.2) is 0 Å². The molecule has 3 nitrogen and oxygen atoms in total. The average Bonchev–Trinajstić information content (AvgIpc) is 2.71. The third kappa shape index (κ3) is 2.72. The molecule has 0 N–H and O–H groups in total. The van der Waals surface area contributed by atoms with Gasteiger partial charge in [-0.15, -0.1) is 0 Å². The van der Waals surface area contributed by atoms with E-state index in [2.05, 4.69) is 24.3 Å². The van der Waals surface area contributed by atoms with Crippen molar-refractivity contribution in [3.05, 3.63) is 35.4 Å². The Morgan fingerprint density at radius 3 is 2.32 bits per heavy atom. The van der Waals surface area contributed by atoms with Crippen molar-refractivity contribution >= 4 is 6.09 Å². The number of amides is 1. The summed E-state index contributed by atoms with van der Waals surface area (Å²) >= 11 is 0. The van der Waals surface area contributed by atoms with Gasteiger partial charge in [0.05, 0.1) is 0 Å². The molecule has 3 heteroatoms. The largest absolute Gasteiger partial charge is 0.446 e. The first kappa shape index (κ1) is 17.4. The number of carbonyl (C=O) groups excluding carboxylic acids is 1. The molecule has 1 heterocycles. The van der Waals surface area contributed by atoms with Gasteiger partial charge in [-0.2, -0.15) is 0 Å². The Morgan fingerprint density at radius 1 is 0.929 bits per heavy atom. The summed E-state index contributed by atoms with van der Waals surface area (Å²) in [6, 6.07) is 9.02. The van der Waals surface area contributed by atoms with E-state index >= 15 is 0 Å². The molecule has 0 radical (unpaired) electrons. The Morgan fingerprint density at radius 2 is 1.61 bits per heavy atom. The summed E-state index contributed by atoms with van der Waals surface area (Å²) in [5, 5.41) is 0. The number of carbonyl (C=O) groups is 1. The van der Waals surface area contributed by atoms with Gasteiger partial charge < -0.3 is 9.64 Å². The zero-order valence-electron chi connectivity index (χ0n) is 16.9. The van der Waals surface area contributed by atoms with E-state index in [1.54, 1.807) is 11.1 Å². The molecule has 4 bridgehead atoms. The number of hydrogen-bond acceptors (Lipinski definition) is 2. The van der Waals surface area contributed by atoms with Crippen molar-refractivity contribution in [2.45, 2.75) is 75.7 Å². The molecule has 4 saturated carbocycles. The molecule has 1 aromatic carbocycles. The van der Waals surface area contributed by atoms with E-state index in [1.807, 2.05) is 4.90 Å². The van der Waals surface area contributed by atoms with Crippen molar-refractivity contribution < 1.29 is 9.53 Å². The van der Waals surface area contributed by atoms with Crippen LogP contribution in [0.2, 0.25) is 0 Å². The van der Waals surface area contributed by atoms with Gasteiger partial charge in [-0.1, -0.05) is 24.3 Å². The van der Waals surface area contributed by atoms with Crippen LogP contribution in [0.3, 0.4) is 0 Å². The van der Waals surface area contributed by atoms with Crippen LogP contribution < -0.4 is 0 Å². The van der Waals surface area contributed by atoms with Gasteiger partial charge in [0.25, 0.3) is 0 Å². The van der Waals surface area contributed by atoms with E-state index < -0.39 is 0 Å². The lowest BCUT2D eigenvalue weighted by molar-refractivity contribution is -0.103. The standard InChI is InChI=1S/C25H33NO2/c27-24(28-23-20-13-17-12-18(15-20)16-21(23)14-17)26-10-8-25(9-11-26)7-3-5-19-4-1-2-6-22(19)25/h1-2,4,6,17-18,20-21,23H,3,5,7-16H2. The fourth-order valence-electron chi connectivity index (χ4n) is 7.90. The minimum atomic E-state index is -0.0172. The molecule has 0 atom stereocenters. The summed E-state index contributed by atoms with van der Waals surface area (Å²) in [7, 11) is 0. The molecule has 5 fully saturated rings. The van der Waals surface area contributed by atoms with E-state index in [-0.39, 0.29) is 12.2 Å². The van der Waals surface area contributed by atoms with Crippen LogP contribution in [0.1, 0.15) is 68.9 Å². The zero-order valence-corrected chi connectivity index (χ0v) is 16.9. The van der Waals surface area contributed by atoms with Gasteiger partial charge in [-0.25, -0.2) is 4.79 Å². The third-order valence-electron chi connectivity index (χ3n) is 9.05. The van der Waals surface area contributed by atoms with Gasteiger partial charge >= 0.3 is 6.09 Å². The number of piperidine rings is 1. The lowest BCUT2D eigenvalue weighted by Gasteiger charge is -2.53. The molecule has 1 saturated heterocycles. The van der Waals surface area contributed by atoms with Crippen molar-refractivity contribution in [1.29, 1.82) is 0 Å². The highest BCUT2D eigenvalue weighted by molar-refractivity contribution is 5.68. The lowest BCUT2D eigenvalue weighted by atomic mass is 9.55. The molecule has 1 amide bonds. The number of ether oxygens (including phenoxy) is 1. The Balaban J connectivity index is 1.12. The summed E-state index contributed by atoms with van der Waals surface area (Å²) in [4.78, 5) is 15.0. The van der Waals surface area contributed by atoms with E-state index in [1.165, 1.54) is 51.4 Å². The van der Waals surface area contributed by atoms with Crippen LogP contribution in [-0.2, 0) is 16.6 Å². The number of rotatable bonds is 1. The van der Waals surface area contributed by atoms with Gasteiger partial charge in [-0.05, 0) is 104 Å². The van der Waals surface area contributed by atoms with Crippen LogP contribution in [0, 0.1) is 23.7 Å². The number of benzene rings is 1. The van der Waals surface area contributed by atoms with Crippen LogP contribution in [0.5, 0.6) is 0 Å². The van der Waals surface area contributed by atoms with Gasteiger partial charge in [0.2, 0.25) is 0 Å². The van der Waals surface area contributed by atoms with Crippen molar-refractivity contribution in [2.75, 3.05) is 13.1 Å². The first-order valence-corrected chi connectivity index (χ1v) is 11.7. The second-order valence-corrected chi connectivity index (χ2v) is 10.6. The first-order chi connectivity index (χ1) is 13.7. The molecule has 5 aliphatic carbocycles. The van der Waals surface area contributed by atoms with Crippen molar-refractivity contribution in [1.82, 2.24) is 4.90 Å². The van der Waals surface area contributed by atoms with E-state index in [4.69, 9.17) is 4.74 Å². The Labute approximate surface area is 168 Å². The second kappa shape index (κ2) is 6.50. The normalized spacial score (nSPS) is 37.7. The number of fused-ring (bicyclic) bond motifs is 2. The highest BCUT2D eigenvalue weighted by Crippen LogP contribution is 2.55. The van der Waals surface area contributed by atoms with Gasteiger partial charge in [-0.3, -0.25) is 0 Å². The van der Waals surface area contributed by atoms with E-state index in [0.29, 0.717) is 17.3 Å². The van der Waals surface area contributed by atoms with Crippen LogP contribution >= 0.6 is 0 Å². The summed E-state index contributed by atoms with van der Waals surface area (Å²) in [5.41, 5.74) is 3.41. The van der Waals surface area contributed by atoms with Crippen LogP contribution in [0.4, 0.5) is 4.79 Å². The SMILES string of the molecule is O=C(OC1C2CC3CC(C2)CC1C3)N1CCC2(CCCc3ccccc32)CC1. The summed E-state index contributed by atoms with van der Waals surface area (Å²) in [5.74, 6) is 3.17. The lowest BCUT2D eigenvalue weighted by Crippen LogP contribution is -2.52. The highest BCUT2D eigenvalue weighted by atomic mass is 16.6. The smallest absolute Gasteiger partial charge is 0.410 e. The van der Waals surface area contributed by atoms with Gasteiger partial charge in [0, 0.05) is 13.1 Å². The van der Waals surface area contributed by atoms with Crippen LogP contribution in [0.25, 0.3) is 0 Å². The fraction of sp³-hybridized carbons (Fsp3) is 0.720. The highest BCUT2D eigenvalue weighted by Gasteiger charge is 2.50. The minimum Gasteiger partial charge on any atom is -0.446 e. The third-order valence-corrected chi connectivity index (χ3v) is 9.05. The molecule has 28 heavy (non-hydrogen) atoms. The minimum absolute atomic E-state index is 0.0172. The molecule has 1 aliphatic heterocycles. The Kier molecular flexibility index (Phi) is 4.03.